The molecule has 22 heavy (non-hydrogen) atoms. The van der Waals surface area contributed by atoms with Gasteiger partial charge in [0.15, 0.2) is 14.9 Å². The number of nitrogens with one attached hydrogen (secondary N) is 2. The Bertz CT molecular complexity index is 724. The lowest BCUT2D eigenvalue weighted by atomic mass is 10.2. The average Bonchev–Trinajstić information content (AvgIpc) is 2.64. The van der Waals surface area contributed by atoms with Gasteiger partial charge >= 0.3 is 0 Å². The molecule has 1 fully saturated rings. The number of nitro groups is 1. The molecule has 1 aliphatic rings. The van der Waals surface area contributed by atoms with E-state index in [1.807, 2.05) is 0 Å². The molecule has 3 N–H and O–H groups in total. The number of phenolic OH excluding ortho intramolecular Hbond substituents is 1. The first kappa shape index (κ1) is 16.7. The van der Waals surface area contributed by atoms with Crippen molar-refractivity contribution in [1.29, 1.82) is 0 Å². The maximum absolute atomic E-state index is 11.5. The third-order valence-electron chi connectivity index (χ3n) is 3.04. The SMILES string of the molecule is O=[N+]([O-])c1ccc(NC(=S)NC2CS(=O)(=O)CC2Cl)c(O)c1. The van der Waals surface area contributed by atoms with Crippen LogP contribution < -0.4 is 10.6 Å². The average molecular weight is 366 g/mol. The minimum absolute atomic E-state index is 0.0666. The summed E-state index contributed by atoms with van der Waals surface area (Å²) < 4.78 is 22.9. The highest BCUT2D eigenvalue weighted by Gasteiger charge is 2.36. The summed E-state index contributed by atoms with van der Waals surface area (Å²) in [6.07, 6.45) is 0. The highest BCUT2D eigenvalue weighted by atomic mass is 35.5. The van der Waals surface area contributed by atoms with Gasteiger partial charge < -0.3 is 15.7 Å². The lowest BCUT2D eigenvalue weighted by molar-refractivity contribution is -0.384. The zero-order valence-electron chi connectivity index (χ0n) is 11.0. The molecule has 11 heteroatoms. The molecule has 0 radical (unpaired) electrons. The molecule has 1 aromatic rings. The summed E-state index contributed by atoms with van der Waals surface area (Å²) in [5.74, 6) is -0.604. The van der Waals surface area contributed by atoms with Crippen LogP contribution in [0.3, 0.4) is 0 Å². The Kier molecular flexibility index (Phi) is 4.73. The third kappa shape index (κ3) is 3.96. The number of benzene rings is 1. The molecule has 1 aliphatic heterocycles. The van der Waals surface area contributed by atoms with Gasteiger partial charge in [0.2, 0.25) is 0 Å². The molecular formula is C11H12ClN3O5S2. The van der Waals surface area contributed by atoms with E-state index in [1.165, 1.54) is 12.1 Å². The first-order valence-corrected chi connectivity index (χ1v) is 8.74. The molecule has 120 valence electrons. The van der Waals surface area contributed by atoms with E-state index in [0.717, 1.165) is 6.07 Å². The Labute approximate surface area is 136 Å². The Morgan fingerprint density at radius 2 is 2.14 bits per heavy atom. The van der Waals surface area contributed by atoms with Crippen LogP contribution in [-0.4, -0.2) is 46.5 Å². The fourth-order valence-corrected chi connectivity index (χ4v) is 4.81. The zero-order valence-corrected chi connectivity index (χ0v) is 13.4. The molecule has 0 aliphatic carbocycles. The molecule has 1 aromatic carbocycles. The van der Waals surface area contributed by atoms with E-state index in [0.29, 0.717) is 0 Å². The van der Waals surface area contributed by atoms with Crippen molar-refractivity contribution in [2.45, 2.75) is 11.4 Å². The smallest absolute Gasteiger partial charge is 0.273 e. The van der Waals surface area contributed by atoms with Crippen molar-refractivity contribution in [2.24, 2.45) is 0 Å². The summed E-state index contributed by atoms with van der Waals surface area (Å²) in [6, 6.07) is 2.95. The van der Waals surface area contributed by atoms with Crippen LogP contribution in [0.25, 0.3) is 0 Å². The van der Waals surface area contributed by atoms with Crippen LogP contribution >= 0.6 is 23.8 Å². The quantitative estimate of drug-likeness (QED) is 0.238. The number of hydrogen-bond donors (Lipinski definition) is 3. The second kappa shape index (κ2) is 6.23. The molecule has 0 aromatic heterocycles. The van der Waals surface area contributed by atoms with Gasteiger partial charge in [-0.05, 0) is 18.3 Å². The van der Waals surface area contributed by atoms with Crippen molar-refractivity contribution in [3.8, 4) is 5.75 Å². The topological polar surface area (TPSA) is 122 Å². The largest absolute Gasteiger partial charge is 0.506 e. The Hall–Kier alpha value is -1.65. The number of rotatable bonds is 3. The molecule has 2 unspecified atom stereocenters. The summed E-state index contributed by atoms with van der Waals surface area (Å²) in [7, 11) is -3.19. The number of anilines is 1. The first-order chi connectivity index (χ1) is 10.2. The van der Waals surface area contributed by atoms with Crippen molar-refractivity contribution in [2.75, 3.05) is 16.8 Å². The van der Waals surface area contributed by atoms with E-state index in [2.05, 4.69) is 10.6 Å². The van der Waals surface area contributed by atoms with Gasteiger partial charge in [-0.3, -0.25) is 10.1 Å². The number of sulfone groups is 1. The maximum Gasteiger partial charge on any atom is 0.273 e. The second-order valence-electron chi connectivity index (χ2n) is 4.76. The fraction of sp³-hybridized carbons (Fsp3) is 0.364. The molecule has 0 amide bonds. The highest BCUT2D eigenvalue weighted by Crippen LogP contribution is 2.28. The van der Waals surface area contributed by atoms with Crippen molar-refractivity contribution in [3.05, 3.63) is 28.3 Å². The van der Waals surface area contributed by atoms with E-state index in [1.54, 1.807) is 0 Å². The molecule has 2 rings (SSSR count). The second-order valence-corrected chi connectivity index (χ2v) is 7.88. The van der Waals surface area contributed by atoms with Gasteiger partial charge in [-0.1, -0.05) is 0 Å². The molecular weight excluding hydrogens is 354 g/mol. The number of thiocarbonyl (C=S) groups is 1. The van der Waals surface area contributed by atoms with Crippen LogP contribution in [0.2, 0.25) is 0 Å². The van der Waals surface area contributed by atoms with E-state index in [4.69, 9.17) is 23.8 Å². The lowest BCUT2D eigenvalue weighted by Gasteiger charge is -2.17. The predicted octanol–water partition coefficient (Wildman–Crippen LogP) is 0.991. The normalized spacial score (nSPS) is 23.0. The summed E-state index contributed by atoms with van der Waals surface area (Å²) >= 11 is 11.0. The molecule has 2 atom stereocenters. The summed E-state index contributed by atoms with van der Waals surface area (Å²) in [5, 5.41) is 25.2. The number of hydrogen-bond acceptors (Lipinski definition) is 6. The Balaban J connectivity index is 2.02. The summed E-state index contributed by atoms with van der Waals surface area (Å²) in [6.45, 7) is 0. The summed E-state index contributed by atoms with van der Waals surface area (Å²) in [5.41, 5.74) is -0.0975. The van der Waals surface area contributed by atoms with Crippen molar-refractivity contribution in [1.82, 2.24) is 5.32 Å². The van der Waals surface area contributed by atoms with Crippen molar-refractivity contribution in [3.63, 3.8) is 0 Å². The third-order valence-corrected chi connectivity index (χ3v) is 5.64. The van der Waals surface area contributed by atoms with Gasteiger partial charge in [-0.25, -0.2) is 8.42 Å². The van der Waals surface area contributed by atoms with E-state index in [9.17, 15) is 23.6 Å². The van der Waals surface area contributed by atoms with E-state index in [-0.39, 0.29) is 33.7 Å². The van der Waals surface area contributed by atoms with Crippen molar-refractivity contribution < 1.29 is 18.4 Å². The first-order valence-electron chi connectivity index (χ1n) is 6.07. The fourth-order valence-electron chi connectivity index (χ4n) is 2.00. The van der Waals surface area contributed by atoms with Gasteiger partial charge in [0.05, 0.1) is 39.6 Å². The minimum Gasteiger partial charge on any atom is -0.506 e. The van der Waals surface area contributed by atoms with Gasteiger partial charge in [0, 0.05) is 6.07 Å². The highest BCUT2D eigenvalue weighted by molar-refractivity contribution is 7.91. The molecule has 1 saturated heterocycles. The minimum atomic E-state index is -3.19. The number of nitrogens with zero attached hydrogens (tertiary/aromatic N) is 1. The number of halogens is 1. The van der Waals surface area contributed by atoms with Gasteiger partial charge in [-0.2, -0.15) is 0 Å². The predicted molar refractivity (Wildman–Crippen MR) is 86.2 cm³/mol. The number of phenols is 1. The van der Waals surface area contributed by atoms with Crippen molar-refractivity contribution >= 4 is 50.1 Å². The molecule has 0 saturated carbocycles. The summed E-state index contributed by atoms with van der Waals surface area (Å²) in [4.78, 5) is 9.94. The van der Waals surface area contributed by atoms with Crippen LogP contribution in [0.15, 0.2) is 18.2 Å². The maximum atomic E-state index is 11.5. The number of alkyl halides is 1. The van der Waals surface area contributed by atoms with Crippen LogP contribution in [0, 0.1) is 10.1 Å². The molecule has 8 nitrogen and oxygen atoms in total. The molecule has 0 bridgehead atoms. The number of aromatic hydroxyl groups is 1. The van der Waals surface area contributed by atoms with Gasteiger partial charge in [0.1, 0.15) is 5.75 Å². The monoisotopic (exact) mass is 365 g/mol. The van der Waals surface area contributed by atoms with Crippen LogP contribution in [0.5, 0.6) is 5.75 Å². The molecule has 0 spiro atoms. The number of nitro benzene ring substituents is 1. The zero-order chi connectivity index (χ0) is 16.5. The van der Waals surface area contributed by atoms with Gasteiger partial charge in [0.25, 0.3) is 5.69 Å². The van der Waals surface area contributed by atoms with Crippen LogP contribution in [0.1, 0.15) is 0 Å². The Morgan fingerprint density at radius 1 is 1.45 bits per heavy atom. The lowest BCUT2D eigenvalue weighted by Crippen LogP contribution is -2.42. The van der Waals surface area contributed by atoms with Crippen LogP contribution in [-0.2, 0) is 9.84 Å². The van der Waals surface area contributed by atoms with Gasteiger partial charge in [-0.15, -0.1) is 11.6 Å². The molecule has 1 heterocycles. The van der Waals surface area contributed by atoms with E-state index < -0.39 is 26.2 Å². The van der Waals surface area contributed by atoms with E-state index >= 15 is 0 Å². The number of non-ortho nitro benzene ring substituents is 1. The van der Waals surface area contributed by atoms with Crippen LogP contribution in [0.4, 0.5) is 11.4 Å². The Morgan fingerprint density at radius 3 is 2.64 bits per heavy atom. The standard InChI is InChI=1S/C11H12ClN3O5S2/c12-7-4-22(19,20)5-9(7)14-11(21)13-8-2-1-6(15(17)18)3-10(8)16/h1-3,7,9,16H,4-5H2,(H2,13,14,21).